The minimum atomic E-state index is -0.664. The third kappa shape index (κ3) is 3.20. The van der Waals surface area contributed by atoms with E-state index in [1.807, 2.05) is 29.6 Å². The van der Waals surface area contributed by atoms with Crippen molar-refractivity contribution in [3.63, 3.8) is 0 Å². The number of piperidine rings is 1. The van der Waals surface area contributed by atoms with Gasteiger partial charge >= 0.3 is 0 Å². The Morgan fingerprint density at radius 3 is 2.81 bits per heavy atom. The maximum Gasteiger partial charge on any atom is 0.253 e. The minimum absolute atomic E-state index is 0.0211. The largest absolute Gasteiger partial charge is 0.307 e. The van der Waals surface area contributed by atoms with Crippen LogP contribution in [0.15, 0.2) is 40.8 Å². The first-order chi connectivity index (χ1) is 12.6. The fourth-order valence-corrected chi connectivity index (χ4v) is 4.27. The van der Waals surface area contributed by atoms with E-state index in [1.165, 1.54) is 11.3 Å². The summed E-state index contributed by atoms with van der Waals surface area (Å²) in [4.78, 5) is 36.1. The van der Waals surface area contributed by atoms with Crippen molar-refractivity contribution in [2.75, 3.05) is 13.1 Å². The lowest BCUT2D eigenvalue weighted by Crippen LogP contribution is -2.48. The third-order valence-electron chi connectivity index (χ3n) is 4.98. The highest BCUT2D eigenvalue weighted by Crippen LogP contribution is 2.31. The average molecular weight is 368 g/mol. The summed E-state index contributed by atoms with van der Waals surface area (Å²) in [6.07, 6.45) is 3.09. The van der Waals surface area contributed by atoms with Crippen LogP contribution in [-0.2, 0) is 11.3 Å². The Kier molecular flexibility index (Phi) is 4.42. The van der Waals surface area contributed by atoms with Gasteiger partial charge in [0.25, 0.3) is 5.91 Å². The zero-order chi connectivity index (χ0) is 18.1. The maximum absolute atomic E-state index is 12.6. The fraction of sp³-hybridized carbons (Fsp3) is 0.368. The van der Waals surface area contributed by atoms with Crippen LogP contribution in [0.1, 0.15) is 40.7 Å². The van der Waals surface area contributed by atoms with E-state index < -0.39 is 5.54 Å². The molecule has 7 heteroatoms. The summed E-state index contributed by atoms with van der Waals surface area (Å²) < 4.78 is 0. The monoisotopic (exact) mass is 368 g/mol. The van der Waals surface area contributed by atoms with Crippen LogP contribution in [0.5, 0.6) is 0 Å². The van der Waals surface area contributed by atoms with Crippen LogP contribution in [0.2, 0.25) is 0 Å². The van der Waals surface area contributed by atoms with Crippen LogP contribution in [0.25, 0.3) is 0 Å². The lowest BCUT2D eigenvalue weighted by atomic mass is 9.88. The molecule has 2 aliphatic heterocycles. The number of ketones is 1. The minimum Gasteiger partial charge on any atom is -0.307 e. The number of pyridine rings is 1. The van der Waals surface area contributed by atoms with Gasteiger partial charge in [-0.25, -0.2) is 4.99 Å². The average Bonchev–Trinajstić information content (AvgIpc) is 3.24. The van der Waals surface area contributed by atoms with Gasteiger partial charge in [-0.05, 0) is 48.9 Å². The molecule has 0 aliphatic carbocycles. The van der Waals surface area contributed by atoms with Gasteiger partial charge in [-0.15, -0.1) is 11.3 Å². The molecule has 4 rings (SSSR count). The number of hydrogen-bond donors (Lipinski definition) is 1. The lowest BCUT2D eigenvalue weighted by molar-refractivity contribution is -0.125. The Morgan fingerprint density at radius 2 is 2.15 bits per heavy atom. The highest BCUT2D eigenvalue weighted by Gasteiger charge is 2.46. The predicted molar refractivity (Wildman–Crippen MR) is 100 cm³/mol. The molecular weight excluding hydrogens is 348 g/mol. The molecule has 0 aromatic carbocycles. The van der Waals surface area contributed by atoms with E-state index in [0.29, 0.717) is 24.4 Å². The number of aliphatic imine (C=N–C) groups is 1. The zero-order valence-corrected chi connectivity index (χ0v) is 15.4. The Hall–Kier alpha value is -2.38. The van der Waals surface area contributed by atoms with Gasteiger partial charge in [0.2, 0.25) is 0 Å². The van der Waals surface area contributed by atoms with Gasteiger partial charge in [-0.2, -0.15) is 0 Å². The third-order valence-corrected chi connectivity index (χ3v) is 6.06. The number of nitrogens with one attached hydrogen (secondary N) is 1. The maximum atomic E-state index is 12.6. The van der Waals surface area contributed by atoms with Crippen LogP contribution in [0.4, 0.5) is 0 Å². The number of aromatic nitrogens is 1. The molecule has 0 radical (unpaired) electrons. The predicted octanol–water partition coefficient (Wildman–Crippen LogP) is 2.26. The summed E-state index contributed by atoms with van der Waals surface area (Å²) in [5.41, 5.74) is 1.20. The second kappa shape index (κ2) is 6.74. The smallest absolute Gasteiger partial charge is 0.253 e. The SMILES string of the molecule is CC(=O)c1cc(CN2CCC3(CC2)N=C(c2ccccn2)NC3=O)cs1. The van der Waals surface area contributed by atoms with E-state index in [-0.39, 0.29) is 11.7 Å². The first-order valence-corrected chi connectivity index (χ1v) is 9.57. The summed E-state index contributed by atoms with van der Waals surface area (Å²) in [6, 6.07) is 7.56. The summed E-state index contributed by atoms with van der Waals surface area (Å²) in [5.74, 6) is 0.665. The zero-order valence-electron chi connectivity index (χ0n) is 14.6. The lowest BCUT2D eigenvalue weighted by Gasteiger charge is -2.35. The molecule has 26 heavy (non-hydrogen) atoms. The van der Waals surface area contributed by atoms with E-state index >= 15 is 0 Å². The molecule has 0 atom stereocenters. The molecule has 2 aliphatic rings. The molecule has 1 spiro atoms. The number of Topliss-reactive ketones (excluding diaryl/α,β-unsaturated/α-hetero) is 1. The second-order valence-electron chi connectivity index (χ2n) is 6.81. The fourth-order valence-electron chi connectivity index (χ4n) is 3.46. The van der Waals surface area contributed by atoms with Crippen molar-refractivity contribution in [2.24, 2.45) is 4.99 Å². The summed E-state index contributed by atoms with van der Waals surface area (Å²) in [6.45, 7) is 4.00. The second-order valence-corrected chi connectivity index (χ2v) is 7.72. The van der Waals surface area contributed by atoms with Crippen LogP contribution in [0.3, 0.4) is 0 Å². The molecule has 134 valence electrons. The number of thiophene rings is 1. The molecule has 1 saturated heterocycles. The van der Waals surface area contributed by atoms with Gasteiger partial charge in [0.15, 0.2) is 11.6 Å². The Balaban J connectivity index is 1.43. The molecule has 0 saturated carbocycles. The van der Waals surface area contributed by atoms with Gasteiger partial charge in [-0.1, -0.05) is 6.07 Å². The molecular formula is C19H20N4O2S. The number of likely N-dealkylation sites (tertiary alicyclic amines) is 1. The highest BCUT2D eigenvalue weighted by molar-refractivity contribution is 7.12. The van der Waals surface area contributed by atoms with Crippen LogP contribution >= 0.6 is 11.3 Å². The molecule has 0 unspecified atom stereocenters. The van der Waals surface area contributed by atoms with E-state index in [0.717, 1.165) is 30.1 Å². The first kappa shape index (κ1) is 17.1. The van der Waals surface area contributed by atoms with Crippen LogP contribution in [0, 0.1) is 0 Å². The van der Waals surface area contributed by atoms with Crippen molar-refractivity contribution < 1.29 is 9.59 Å². The number of amides is 1. The number of nitrogens with zero attached hydrogens (tertiary/aromatic N) is 3. The van der Waals surface area contributed by atoms with Crippen molar-refractivity contribution in [2.45, 2.75) is 31.8 Å². The standard InChI is InChI=1S/C19H20N4O2S/c1-13(24)16-10-14(12-26-16)11-23-8-5-19(6-9-23)18(25)21-17(22-19)15-4-2-3-7-20-15/h2-4,7,10,12H,5-6,8-9,11H2,1H3,(H,21,22,25). The van der Waals surface area contributed by atoms with Gasteiger partial charge in [-0.3, -0.25) is 19.5 Å². The Labute approximate surface area is 156 Å². The van der Waals surface area contributed by atoms with Crippen molar-refractivity contribution >= 4 is 28.9 Å². The number of rotatable bonds is 4. The molecule has 2 aromatic heterocycles. The molecule has 1 fully saturated rings. The number of hydrogen-bond acceptors (Lipinski definition) is 6. The van der Waals surface area contributed by atoms with Crippen molar-refractivity contribution in [1.82, 2.24) is 15.2 Å². The summed E-state index contributed by atoms with van der Waals surface area (Å²) in [5, 5.41) is 4.95. The van der Waals surface area contributed by atoms with Gasteiger partial charge < -0.3 is 5.32 Å². The van der Waals surface area contributed by atoms with Crippen molar-refractivity contribution in [1.29, 1.82) is 0 Å². The van der Waals surface area contributed by atoms with Gasteiger partial charge in [0.1, 0.15) is 11.2 Å². The van der Waals surface area contributed by atoms with Gasteiger partial charge in [0, 0.05) is 25.8 Å². The Morgan fingerprint density at radius 1 is 1.35 bits per heavy atom. The van der Waals surface area contributed by atoms with E-state index in [1.54, 1.807) is 13.1 Å². The summed E-state index contributed by atoms with van der Waals surface area (Å²) in [7, 11) is 0. The van der Waals surface area contributed by atoms with E-state index in [9.17, 15) is 9.59 Å². The normalized spacial score (nSPS) is 19.4. The quantitative estimate of drug-likeness (QED) is 0.840. The number of carbonyl (C=O) groups is 2. The van der Waals surface area contributed by atoms with Crippen LogP contribution in [-0.4, -0.2) is 46.0 Å². The molecule has 0 bridgehead atoms. The number of carbonyl (C=O) groups excluding carboxylic acids is 2. The molecule has 6 nitrogen and oxygen atoms in total. The van der Waals surface area contributed by atoms with Crippen LogP contribution < -0.4 is 5.32 Å². The van der Waals surface area contributed by atoms with Crippen molar-refractivity contribution in [3.8, 4) is 0 Å². The molecule has 4 heterocycles. The topological polar surface area (TPSA) is 74.7 Å². The summed E-state index contributed by atoms with van der Waals surface area (Å²) >= 11 is 1.49. The van der Waals surface area contributed by atoms with E-state index in [4.69, 9.17) is 4.99 Å². The number of amidine groups is 1. The first-order valence-electron chi connectivity index (χ1n) is 8.69. The van der Waals surface area contributed by atoms with E-state index in [2.05, 4.69) is 15.2 Å². The van der Waals surface area contributed by atoms with Gasteiger partial charge in [0.05, 0.1) is 4.88 Å². The molecule has 1 N–H and O–H groups in total. The highest BCUT2D eigenvalue weighted by atomic mass is 32.1. The Bertz CT molecular complexity index is 867. The molecule has 2 aromatic rings. The molecule has 1 amide bonds. The van der Waals surface area contributed by atoms with Crippen molar-refractivity contribution in [3.05, 3.63) is 52.0 Å².